The topological polar surface area (TPSA) is 60.9 Å². The van der Waals surface area contributed by atoms with Crippen molar-refractivity contribution < 1.29 is 14.7 Å². The summed E-state index contributed by atoms with van der Waals surface area (Å²) in [7, 11) is 3.56. The number of likely N-dealkylation sites (tertiary alicyclic amines) is 1. The van der Waals surface area contributed by atoms with Gasteiger partial charge in [-0.25, -0.2) is 0 Å². The lowest BCUT2D eigenvalue weighted by atomic mass is 9.92. The van der Waals surface area contributed by atoms with E-state index in [1.165, 1.54) is 0 Å². The molecular weight excluding hydrogens is 232 g/mol. The van der Waals surface area contributed by atoms with Gasteiger partial charge in [-0.15, -0.1) is 0 Å². The number of carbonyl (C=O) groups is 2. The average molecular weight is 256 g/mol. The summed E-state index contributed by atoms with van der Waals surface area (Å²) in [5.74, 6) is 0.0129. The number of hydrogen-bond acceptors (Lipinski definition) is 3. The minimum absolute atomic E-state index is 0.169. The summed E-state index contributed by atoms with van der Waals surface area (Å²) < 4.78 is 0. The molecule has 1 aliphatic heterocycles. The Labute approximate surface area is 109 Å². The van der Waals surface area contributed by atoms with E-state index in [-0.39, 0.29) is 12.3 Å². The highest BCUT2D eigenvalue weighted by molar-refractivity contribution is 5.75. The zero-order valence-electron chi connectivity index (χ0n) is 11.4. The Balaban J connectivity index is 2.15. The van der Waals surface area contributed by atoms with Crippen LogP contribution in [0.1, 0.15) is 32.1 Å². The van der Waals surface area contributed by atoms with Gasteiger partial charge in [0, 0.05) is 33.5 Å². The second kappa shape index (κ2) is 7.36. The molecule has 0 atom stereocenters. The maximum atomic E-state index is 11.5. The van der Waals surface area contributed by atoms with Crippen LogP contribution in [-0.4, -0.2) is 60.5 Å². The smallest absolute Gasteiger partial charge is 0.303 e. The van der Waals surface area contributed by atoms with Crippen molar-refractivity contribution >= 4 is 11.9 Å². The van der Waals surface area contributed by atoms with E-state index in [1.807, 2.05) is 0 Å². The van der Waals surface area contributed by atoms with Gasteiger partial charge in [0.05, 0.1) is 0 Å². The van der Waals surface area contributed by atoms with Gasteiger partial charge in [0.25, 0.3) is 0 Å². The second-order valence-electron chi connectivity index (χ2n) is 5.26. The number of carbonyl (C=O) groups excluding carboxylic acids is 1. The molecule has 0 aromatic carbocycles. The molecule has 0 aromatic heterocycles. The van der Waals surface area contributed by atoms with Crippen molar-refractivity contribution in [3.05, 3.63) is 0 Å². The standard InChI is InChI=1S/C13H24N2O3/c1-14(2)12(16)7-10-15-8-5-11(6-9-15)3-4-13(17)18/h11H,3-10H2,1-2H3,(H,17,18). The number of piperidine rings is 1. The number of amides is 1. The lowest BCUT2D eigenvalue weighted by molar-refractivity contribution is -0.137. The van der Waals surface area contributed by atoms with Gasteiger partial charge in [0.1, 0.15) is 0 Å². The largest absolute Gasteiger partial charge is 0.481 e. The van der Waals surface area contributed by atoms with Crippen molar-refractivity contribution in [2.75, 3.05) is 33.7 Å². The van der Waals surface area contributed by atoms with E-state index in [1.54, 1.807) is 19.0 Å². The van der Waals surface area contributed by atoms with Crippen molar-refractivity contribution in [2.24, 2.45) is 5.92 Å². The predicted molar refractivity (Wildman–Crippen MR) is 69.3 cm³/mol. The molecule has 104 valence electrons. The van der Waals surface area contributed by atoms with Crippen molar-refractivity contribution in [2.45, 2.75) is 32.1 Å². The molecule has 1 heterocycles. The fraction of sp³-hybridized carbons (Fsp3) is 0.846. The van der Waals surface area contributed by atoms with Gasteiger partial charge in [-0.05, 0) is 38.3 Å². The van der Waals surface area contributed by atoms with Crippen LogP contribution in [-0.2, 0) is 9.59 Å². The first kappa shape index (κ1) is 15.0. The van der Waals surface area contributed by atoms with E-state index < -0.39 is 5.97 Å². The van der Waals surface area contributed by atoms with Gasteiger partial charge < -0.3 is 14.9 Å². The maximum Gasteiger partial charge on any atom is 0.303 e. The molecule has 0 bridgehead atoms. The molecule has 0 aliphatic carbocycles. The molecule has 0 spiro atoms. The van der Waals surface area contributed by atoms with Crippen LogP contribution in [0.15, 0.2) is 0 Å². The molecule has 0 unspecified atom stereocenters. The Morgan fingerprint density at radius 3 is 2.33 bits per heavy atom. The number of aliphatic carboxylic acids is 1. The van der Waals surface area contributed by atoms with Gasteiger partial charge in [-0.2, -0.15) is 0 Å². The van der Waals surface area contributed by atoms with Gasteiger partial charge in [0.15, 0.2) is 0 Å². The third-order valence-electron chi connectivity index (χ3n) is 3.61. The number of carboxylic acid groups (broad SMARTS) is 1. The highest BCUT2D eigenvalue weighted by Crippen LogP contribution is 2.21. The summed E-state index contributed by atoms with van der Waals surface area (Å²) in [4.78, 5) is 25.9. The molecule has 1 saturated heterocycles. The Hall–Kier alpha value is -1.10. The van der Waals surface area contributed by atoms with Gasteiger partial charge in [-0.3, -0.25) is 9.59 Å². The van der Waals surface area contributed by atoms with Crippen molar-refractivity contribution in [1.82, 2.24) is 9.80 Å². The molecule has 0 saturated carbocycles. The first-order valence-corrected chi connectivity index (χ1v) is 6.63. The monoisotopic (exact) mass is 256 g/mol. The molecule has 18 heavy (non-hydrogen) atoms. The predicted octanol–water partition coefficient (Wildman–Crippen LogP) is 1.04. The zero-order chi connectivity index (χ0) is 13.5. The van der Waals surface area contributed by atoms with E-state index in [2.05, 4.69) is 4.90 Å². The molecule has 5 heteroatoms. The number of hydrogen-bond donors (Lipinski definition) is 1. The molecule has 1 amide bonds. The fourth-order valence-corrected chi connectivity index (χ4v) is 2.30. The minimum Gasteiger partial charge on any atom is -0.481 e. The van der Waals surface area contributed by atoms with Gasteiger partial charge in [0.2, 0.25) is 5.91 Å². The molecule has 1 fully saturated rings. The van der Waals surface area contributed by atoms with E-state index >= 15 is 0 Å². The summed E-state index contributed by atoms with van der Waals surface area (Å²) in [6, 6.07) is 0. The van der Waals surface area contributed by atoms with Crippen molar-refractivity contribution in [3.8, 4) is 0 Å². The van der Waals surface area contributed by atoms with Crippen LogP contribution in [0.2, 0.25) is 0 Å². The van der Waals surface area contributed by atoms with E-state index in [9.17, 15) is 9.59 Å². The average Bonchev–Trinajstić information content (AvgIpc) is 2.34. The fourth-order valence-electron chi connectivity index (χ4n) is 2.30. The number of rotatable bonds is 6. The first-order valence-electron chi connectivity index (χ1n) is 6.63. The van der Waals surface area contributed by atoms with E-state index in [4.69, 9.17) is 5.11 Å². The Kier molecular flexibility index (Phi) is 6.12. The highest BCUT2D eigenvalue weighted by atomic mass is 16.4. The summed E-state index contributed by atoms with van der Waals surface area (Å²) >= 11 is 0. The second-order valence-corrected chi connectivity index (χ2v) is 5.26. The third-order valence-corrected chi connectivity index (χ3v) is 3.61. The molecule has 1 aliphatic rings. The highest BCUT2D eigenvalue weighted by Gasteiger charge is 2.20. The van der Waals surface area contributed by atoms with Crippen LogP contribution in [0.4, 0.5) is 0 Å². The summed E-state index contributed by atoms with van der Waals surface area (Å²) in [5.41, 5.74) is 0. The van der Waals surface area contributed by atoms with Gasteiger partial charge in [-0.1, -0.05) is 0 Å². The third kappa shape index (κ3) is 5.49. The number of nitrogens with zero attached hydrogens (tertiary/aromatic N) is 2. The Morgan fingerprint density at radius 1 is 1.22 bits per heavy atom. The lowest BCUT2D eigenvalue weighted by Crippen LogP contribution is -2.36. The van der Waals surface area contributed by atoms with E-state index in [0.29, 0.717) is 12.3 Å². The molecule has 1 N–H and O–H groups in total. The van der Waals surface area contributed by atoms with E-state index in [0.717, 1.165) is 38.9 Å². The van der Waals surface area contributed by atoms with Crippen molar-refractivity contribution in [1.29, 1.82) is 0 Å². The summed E-state index contributed by atoms with van der Waals surface area (Å²) in [5, 5.41) is 8.64. The Bertz CT molecular complexity index is 284. The molecule has 0 aromatic rings. The molecule has 1 rings (SSSR count). The SMILES string of the molecule is CN(C)C(=O)CCN1CCC(CCC(=O)O)CC1. The van der Waals surface area contributed by atoms with Crippen LogP contribution in [0.5, 0.6) is 0 Å². The summed E-state index contributed by atoms with van der Waals surface area (Å²) in [6.45, 7) is 2.80. The Morgan fingerprint density at radius 2 is 1.83 bits per heavy atom. The maximum absolute atomic E-state index is 11.5. The normalized spacial score (nSPS) is 17.7. The van der Waals surface area contributed by atoms with Crippen LogP contribution in [0.25, 0.3) is 0 Å². The van der Waals surface area contributed by atoms with Crippen LogP contribution in [0.3, 0.4) is 0 Å². The van der Waals surface area contributed by atoms with Gasteiger partial charge >= 0.3 is 5.97 Å². The lowest BCUT2D eigenvalue weighted by Gasteiger charge is -2.31. The molecule has 0 radical (unpaired) electrons. The molecule has 5 nitrogen and oxygen atoms in total. The first-order chi connectivity index (χ1) is 8.49. The van der Waals surface area contributed by atoms with Crippen LogP contribution < -0.4 is 0 Å². The van der Waals surface area contributed by atoms with Crippen molar-refractivity contribution in [3.63, 3.8) is 0 Å². The molecular formula is C13H24N2O3. The zero-order valence-corrected chi connectivity index (χ0v) is 11.4. The summed E-state index contributed by atoms with van der Waals surface area (Å²) in [6.07, 6.45) is 3.77. The number of carboxylic acids is 1. The van der Waals surface area contributed by atoms with Crippen LogP contribution >= 0.6 is 0 Å². The van der Waals surface area contributed by atoms with Crippen LogP contribution in [0, 0.1) is 5.92 Å². The quantitative estimate of drug-likeness (QED) is 0.771. The minimum atomic E-state index is -0.700.